The van der Waals surface area contributed by atoms with Crippen LogP contribution in [0.2, 0.25) is 0 Å². The fourth-order valence-corrected chi connectivity index (χ4v) is 1.80. The van der Waals surface area contributed by atoms with E-state index in [0.29, 0.717) is 11.0 Å². The zero-order chi connectivity index (χ0) is 12.5. The van der Waals surface area contributed by atoms with E-state index in [9.17, 15) is 10.1 Å². The van der Waals surface area contributed by atoms with Gasteiger partial charge >= 0.3 is 0 Å². The first-order valence-electron chi connectivity index (χ1n) is 5.22. The highest BCUT2D eigenvalue weighted by Crippen LogP contribution is 2.27. The van der Waals surface area contributed by atoms with Gasteiger partial charge in [0.25, 0.3) is 5.69 Å². The summed E-state index contributed by atoms with van der Waals surface area (Å²) in [4.78, 5) is 10.2. The number of benzene rings is 2. The van der Waals surface area contributed by atoms with Crippen molar-refractivity contribution < 1.29 is 9.55 Å². The van der Waals surface area contributed by atoms with Crippen LogP contribution in [0.15, 0.2) is 47.1 Å². The highest BCUT2D eigenvalue weighted by Gasteiger charge is 2.10. The van der Waals surface area contributed by atoms with Crippen molar-refractivity contribution >= 4 is 16.7 Å². The van der Waals surface area contributed by atoms with Gasteiger partial charge in [0, 0.05) is 17.7 Å². The van der Waals surface area contributed by atoms with Gasteiger partial charge in [-0.05, 0) is 34.1 Å². The predicted octanol–water partition coefficient (Wildman–Crippen LogP) is 2.80. The first kappa shape index (κ1) is 10.4. The Morgan fingerprint density at radius 2 is 1.83 bits per heavy atom. The van der Waals surface area contributed by atoms with E-state index in [0.717, 1.165) is 11.1 Å². The molecule has 0 unspecified atom stereocenters. The first-order valence-corrected chi connectivity index (χ1v) is 5.22. The molecule has 0 aliphatic rings. The summed E-state index contributed by atoms with van der Waals surface area (Å²) < 4.78 is 4.68. The molecule has 0 saturated carbocycles. The van der Waals surface area contributed by atoms with E-state index in [2.05, 4.69) is 14.9 Å². The number of nitro benzene ring substituents is 1. The minimum Gasteiger partial charge on any atom is -0.258 e. The van der Waals surface area contributed by atoms with E-state index in [-0.39, 0.29) is 5.69 Å². The summed E-state index contributed by atoms with van der Waals surface area (Å²) in [5.41, 5.74) is 3.03. The number of rotatable bonds is 2. The van der Waals surface area contributed by atoms with Gasteiger partial charge in [-0.1, -0.05) is 12.1 Å². The maximum Gasteiger partial charge on any atom is 0.269 e. The number of aromatic nitrogens is 2. The molecule has 0 saturated heterocycles. The van der Waals surface area contributed by atoms with E-state index in [1.165, 1.54) is 12.1 Å². The van der Waals surface area contributed by atoms with Gasteiger partial charge in [-0.25, -0.2) is 4.63 Å². The third-order valence-corrected chi connectivity index (χ3v) is 2.68. The van der Waals surface area contributed by atoms with Crippen molar-refractivity contribution in [1.82, 2.24) is 10.3 Å². The molecular weight excluding hydrogens is 234 g/mol. The molecule has 1 heterocycles. The van der Waals surface area contributed by atoms with Gasteiger partial charge < -0.3 is 0 Å². The average molecular weight is 241 g/mol. The second-order valence-electron chi connectivity index (χ2n) is 3.74. The van der Waals surface area contributed by atoms with Crippen LogP contribution in [-0.2, 0) is 0 Å². The monoisotopic (exact) mass is 241 g/mol. The number of hydrogen-bond acceptors (Lipinski definition) is 5. The number of fused-ring (bicyclic) bond motifs is 1. The molecule has 1 aromatic heterocycles. The second kappa shape index (κ2) is 3.92. The Morgan fingerprint density at radius 1 is 1.06 bits per heavy atom. The smallest absolute Gasteiger partial charge is 0.258 e. The van der Waals surface area contributed by atoms with Crippen molar-refractivity contribution in [1.29, 1.82) is 0 Å². The molecule has 88 valence electrons. The van der Waals surface area contributed by atoms with E-state index < -0.39 is 4.92 Å². The van der Waals surface area contributed by atoms with Crippen LogP contribution in [0.3, 0.4) is 0 Å². The molecular formula is C12H7N3O3. The summed E-state index contributed by atoms with van der Waals surface area (Å²) >= 11 is 0. The minimum absolute atomic E-state index is 0.0594. The van der Waals surface area contributed by atoms with Crippen molar-refractivity contribution in [2.24, 2.45) is 0 Å². The lowest BCUT2D eigenvalue weighted by atomic mass is 10.0. The third-order valence-electron chi connectivity index (χ3n) is 2.68. The normalized spacial score (nSPS) is 10.7. The SMILES string of the molecule is O=[N+]([O-])c1ccc(-c2cccc3nonc23)cc1. The van der Waals surface area contributed by atoms with Gasteiger partial charge in [-0.2, -0.15) is 0 Å². The number of nitrogens with zero attached hydrogens (tertiary/aromatic N) is 3. The largest absolute Gasteiger partial charge is 0.269 e. The van der Waals surface area contributed by atoms with Gasteiger partial charge in [-0.15, -0.1) is 0 Å². The Morgan fingerprint density at radius 3 is 2.56 bits per heavy atom. The van der Waals surface area contributed by atoms with Gasteiger partial charge in [0.15, 0.2) is 0 Å². The molecule has 0 aliphatic carbocycles. The molecule has 0 amide bonds. The first-order chi connectivity index (χ1) is 8.75. The molecule has 0 radical (unpaired) electrons. The zero-order valence-corrected chi connectivity index (χ0v) is 9.11. The molecule has 0 aliphatic heterocycles. The maximum absolute atomic E-state index is 10.6. The molecule has 0 fully saturated rings. The molecule has 0 spiro atoms. The van der Waals surface area contributed by atoms with Crippen LogP contribution in [0.25, 0.3) is 22.2 Å². The molecule has 0 bridgehead atoms. The second-order valence-corrected chi connectivity index (χ2v) is 3.74. The quantitative estimate of drug-likeness (QED) is 0.509. The highest BCUT2D eigenvalue weighted by molar-refractivity contribution is 5.90. The van der Waals surface area contributed by atoms with Gasteiger partial charge in [-0.3, -0.25) is 10.1 Å². The molecule has 0 atom stereocenters. The summed E-state index contributed by atoms with van der Waals surface area (Å²) in [7, 11) is 0. The van der Waals surface area contributed by atoms with Crippen molar-refractivity contribution in [2.75, 3.05) is 0 Å². The molecule has 3 aromatic rings. The van der Waals surface area contributed by atoms with E-state index in [1.54, 1.807) is 18.2 Å². The molecule has 2 aromatic carbocycles. The number of non-ortho nitro benzene ring substituents is 1. The van der Waals surface area contributed by atoms with E-state index in [1.807, 2.05) is 12.1 Å². The van der Waals surface area contributed by atoms with Crippen LogP contribution < -0.4 is 0 Å². The van der Waals surface area contributed by atoms with Crippen LogP contribution in [0.1, 0.15) is 0 Å². The summed E-state index contributed by atoms with van der Waals surface area (Å²) in [6, 6.07) is 11.8. The molecule has 18 heavy (non-hydrogen) atoms. The Kier molecular flexibility index (Phi) is 2.26. The standard InChI is InChI=1S/C12H7N3O3/c16-15(17)9-6-4-8(5-7-9)10-2-1-3-11-12(10)14-18-13-11/h1-7H. The Labute approximate surface area is 101 Å². The van der Waals surface area contributed by atoms with E-state index >= 15 is 0 Å². The molecule has 6 heteroatoms. The third kappa shape index (κ3) is 1.60. The van der Waals surface area contributed by atoms with E-state index in [4.69, 9.17) is 0 Å². The minimum atomic E-state index is -0.429. The molecule has 3 rings (SSSR count). The summed E-state index contributed by atoms with van der Waals surface area (Å²) in [5, 5.41) is 18.2. The van der Waals surface area contributed by atoms with Gasteiger partial charge in [0.1, 0.15) is 11.0 Å². The van der Waals surface area contributed by atoms with Crippen molar-refractivity contribution in [3.8, 4) is 11.1 Å². The fourth-order valence-electron chi connectivity index (χ4n) is 1.80. The molecule has 6 nitrogen and oxygen atoms in total. The topological polar surface area (TPSA) is 82.1 Å². The Balaban J connectivity index is 2.14. The fraction of sp³-hybridized carbons (Fsp3) is 0. The van der Waals surface area contributed by atoms with Crippen LogP contribution >= 0.6 is 0 Å². The highest BCUT2D eigenvalue weighted by atomic mass is 16.6. The van der Waals surface area contributed by atoms with Crippen LogP contribution in [0.5, 0.6) is 0 Å². The summed E-state index contributed by atoms with van der Waals surface area (Å²) in [5.74, 6) is 0. The summed E-state index contributed by atoms with van der Waals surface area (Å²) in [6.45, 7) is 0. The van der Waals surface area contributed by atoms with Gasteiger partial charge in [0.05, 0.1) is 4.92 Å². The molecule has 0 N–H and O–H groups in total. The lowest BCUT2D eigenvalue weighted by Gasteiger charge is -2.00. The maximum atomic E-state index is 10.6. The lowest BCUT2D eigenvalue weighted by Crippen LogP contribution is -1.87. The number of hydrogen-bond donors (Lipinski definition) is 0. The van der Waals surface area contributed by atoms with Crippen LogP contribution in [0.4, 0.5) is 5.69 Å². The van der Waals surface area contributed by atoms with Crippen molar-refractivity contribution in [3.05, 3.63) is 52.6 Å². The summed E-state index contributed by atoms with van der Waals surface area (Å²) in [6.07, 6.45) is 0. The van der Waals surface area contributed by atoms with Crippen LogP contribution in [-0.4, -0.2) is 15.2 Å². The van der Waals surface area contributed by atoms with Crippen molar-refractivity contribution in [2.45, 2.75) is 0 Å². The zero-order valence-electron chi connectivity index (χ0n) is 9.11. The Bertz CT molecular complexity index is 719. The average Bonchev–Trinajstić information content (AvgIpc) is 2.87. The van der Waals surface area contributed by atoms with Gasteiger partial charge in [0.2, 0.25) is 0 Å². The predicted molar refractivity (Wildman–Crippen MR) is 63.9 cm³/mol. The number of nitro groups is 1. The lowest BCUT2D eigenvalue weighted by molar-refractivity contribution is -0.384. The van der Waals surface area contributed by atoms with Crippen molar-refractivity contribution in [3.63, 3.8) is 0 Å². The Hall–Kier alpha value is -2.76. The van der Waals surface area contributed by atoms with Crippen LogP contribution in [0, 0.1) is 10.1 Å².